The van der Waals surface area contributed by atoms with Crippen molar-refractivity contribution < 1.29 is 18.4 Å². The number of carbonyl (C=O) groups is 2. The number of hydrogen-bond acceptors (Lipinski definition) is 5. The third-order valence-electron chi connectivity index (χ3n) is 6.00. The summed E-state index contributed by atoms with van der Waals surface area (Å²) in [6, 6.07) is 13.4. The average molecular weight is 491 g/mol. The molecule has 0 aliphatic heterocycles. The van der Waals surface area contributed by atoms with Gasteiger partial charge in [0.2, 0.25) is 11.5 Å². The third-order valence-corrected chi connectivity index (χ3v) is 6.00. The molecule has 1 atom stereocenters. The number of nitrogens with one attached hydrogen (secondary N) is 1. The van der Waals surface area contributed by atoms with E-state index in [2.05, 4.69) is 10.3 Å². The standard InChI is InChI=1S/C27H24F2N4O3/c1-33-15-19(4-7-25(33)35)24(34)13-20(10-16-3-6-22(28)23(29)12-16)27(36)32-14-17-2-5-21-18(11-17)8-9-31-26(21)30/h2-9,11-12,15,20H,10,13-14H2,1H3,(H2,30,31)(H,32,36)/t20-/m1/s1. The lowest BCUT2D eigenvalue weighted by molar-refractivity contribution is -0.125. The highest BCUT2D eigenvalue weighted by Gasteiger charge is 2.24. The number of nitrogen functional groups attached to an aromatic ring is 1. The maximum Gasteiger partial charge on any atom is 0.250 e. The molecule has 0 saturated heterocycles. The van der Waals surface area contributed by atoms with E-state index in [9.17, 15) is 23.2 Å². The Morgan fingerprint density at radius 1 is 1.03 bits per heavy atom. The van der Waals surface area contributed by atoms with E-state index in [-0.39, 0.29) is 36.3 Å². The summed E-state index contributed by atoms with van der Waals surface area (Å²) < 4.78 is 28.4. The van der Waals surface area contributed by atoms with Crippen molar-refractivity contribution in [1.29, 1.82) is 0 Å². The summed E-state index contributed by atoms with van der Waals surface area (Å²) in [7, 11) is 1.53. The second-order valence-corrected chi connectivity index (χ2v) is 8.61. The minimum Gasteiger partial charge on any atom is -0.383 e. The minimum absolute atomic E-state index is 0.0282. The summed E-state index contributed by atoms with van der Waals surface area (Å²) in [6.07, 6.45) is 2.86. The first-order valence-electron chi connectivity index (χ1n) is 11.3. The summed E-state index contributed by atoms with van der Waals surface area (Å²) in [6.45, 7) is 0.194. The Hall–Kier alpha value is -4.40. The van der Waals surface area contributed by atoms with Crippen LogP contribution in [0, 0.1) is 17.6 Å². The van der Waals surface area contributed by atoms with E-state index in [1.807, 2.05) is 24.3 Å². The van der Waals surface area contributed by atoms with Crippen molar-refractivity contribution in [3.8, 4) is 0 Å². The normalized spacial score (nSPS) is 11.9. The van der Waals surface area contributed by atoms with Crippen molar-refractivity contribution in [1.82, 2.24) is 14.9 Å². The van der Waals surface area contributed by atoms with Crippen LogP contribution in [0.4, 0.5) is 14.6 Å². The molecule has 7 nitrogen and oxygen atoms in total. The Kier molecular flexibility index (Phi) is 7.19. The molecule has 0 unspecified atom stereocenters. The summed E-state index contributed by atoms with van der Waals surface area (Å²) in [5, 5.41) is 4.51. The number of halogens is 2. The smallest absolute Gasteiger partial charge is 0.250 e. The minimum atomic E-state index is -1.03. The van der Waals surface area contributed by atoms with Crippen LogP contribution >= 0.6 is 0 Å². The van der Waals surface area contributed by atoms with Gasteiger partial charge in [0.1, 0.15) is 5.82 Å². The van der Waals surface area contributed by atoms with Crippen LogP contribution < -0.4 is 16.6 Å². The highest BCUT2D eigenvalue weighted by atomic mass is 19.2. The molecule has 1 amide bonds. The summed E-state index contributed by atoms with van der Waals surface area (Å²) in [5.74, 6) is -3.21. The molecule has 2 aromatic carbocycles. The molecule has 2 aromatic heterocycles. The Bertz CT molecular complexity index is 1520. The molecule has 4 rings (SSSR count). The van der Waals surface area contributed by atoms with E-state index in [1.165, 1.54) is 36.0 Å². The zero-order valence-corrected chi connectivity index (χ0v) is 19.5. The molecule has 3 N–H and O–H groups in total. The first-order valence-corrected chi connectivity index (χ1v) is 11.3. The van der Waals surface area contributed by atoms with Gasteiger partial charge in [0.15, 0.2) is 17.4 Å². The number of rotatable bonds is 8. The van der Waals surface area contributed by atoms with Gasteiger partial charge in [0, 0.05) is 55.3 Å². The predicted molar refractivity (Wildman–Crippen MR) is 132 cm³/mol. The van der Waals surface area contributed by atoms with Crippen molar-refractivity contribution >= 4 is 28.3 Å². The van der Waals surface area contributed by atoms with Crippen LogP contribution in [0.2, 0.25) is 0 Å². The summed E-state index contributed by atoms with van der Waals surface area (Å²) >= 11 is 0. The lowest BCUT2D eigenvalue weighted by atomic mass is 9.91. The van der Waals surface area contributed by atoms with Gasteiger partial charge in [-0.1, -0.05) is 18.2 Å². The van der Waals surface area contributed by atoms with E-state index in [1.54, 1.807) is 6.20 Å². The van der Waals surface area contributed by atoms with Crippen LogP contribution in [0.15, 0.2) is 71.8 Å². The molecule has 2 heterocycles. The van der Waals surface area contributed by atoms with Crippen molar-refractivity contribution in [2.24, 2.45) is 13.0 Å². The highest BCUT2D eigenvalue weighted by molar-refractivity contribution is 5.98. The van der Waals surface area contributed by atoms with Crippen LogP contribution in [-0.2, 0) is 24.8 Å². The first kappa shape index (κ1) is 24.7. The molecule has 0 aliphatic rings. The Balaban J connectivity index is 1.53. The molecular weight excluding hydrogens is 466 g/mol. The number of benzene rings is 2. The fraction of sp³-hybridized carbons (Fsp3) is 0.185. The fourth-order valence-electron chi connectivity index (χ4n) is 4.00. The van der Waals surface area contributed by atoms with Gasteiger partial charge in [0.25, 0.3) is 0 Å². The molecule has 0 spiro atoms. The molecule has 9 heteroatoms. The number of fused-ring (bicyclic) bond motifs is 1. The third kappa shape index (κ3) is 5.63. The zero-order valence-electron chi connectivity index (χ0n) is 19.5. The van der Waals surface area contributed by atoms with Crippen LogP contribution in [-0.4, -0.2) is 21.2 Å². The summed E-state index contributed by atoms with van der Waals surface area (Å²) in [4.78, 5) is 41.8. The molecule has 0 aliphatic carbocycles. The molecular formula is C27H24F2N4O3. The lowest BCUT2D eigenvalue weighted by Crippen LogP contribution is -2.33. The molecule has 184 valence electrons. The van der Waals surface area contributed by atoms with Gasteiger partial charge in [0.05, 0.1) is 0 Å². The van der Waals surface area contributed by atoms with Gasteiger partial charge in [-0.3, -0.25) is 14.4 Å². The Morgan fingerprint density at radius 3 is 2.56 bits per heavy atom. The number of pyridine rings is 2. The van der Waals surface area contributed by atoms with Gasteiger partial charge in [-0.15, -0.1) is 0 Å². The average Bonchev–Trinajstić information content (AvgIpc) is 2.86. The number of amides is 1. The van der Waals surface area contributed by atoms with Crippen molar-refractivity contribution in [2.45, 2.75) is 19.4 Å². The van der Waals surface area contributed by atoms with Gasteiger partial charge < -0.3 is 15.6 Å². The number of aryl methyl sites for hydroxylation is 1. The quantitative estimate of drug-likeness (QED) is 0.368. The monoisotopic (exact) mass is 490 g/mol. The number of aromatic nitrogens is 2. The fourth-order valence-corrected chi connectivity index (χ4v) is 4.00. The van der Waals surface area contributed by atoms with E-state index < -0.39 is 23.5 Å². The molecule has 0 radical (unpaired) electrons. The number of carbonyl (C=O) groups excluding carboxylic acids is 2. The molecule has 4 aromatic rings. The highest BCUT2D eigenvalue weighted by Crippen LogP contribution is 2.21. The summed E-state index contributed by atoms with van der Waals surface area (Å²) in [5.41, 5.74) is 7.10. The topological polar surface area (TPSA) is 107 Å². The first-order chi connectivity index (χ1) is 17.2. The van der Waals surface area contributed by atoms with Crippen molar-refractivity contribution in [2.75, 3.05) is 5.73 Å². The number of nitrogens with zero attached hydrogens (tertiary/aromatic N) is 2. The zero-order chi connectivity index (χ0) is 25.8. The van der Waals surface area contributed by atoms with E-state index >= 15 is 0 Å². The maximum atomic E-state index is 13.8. The molecule has 0 fully saturated rings. The molecule has 0 bridgehead atoms. The van der Waals surface area contributed by atoms with E-state index in [0.717, 1.165) is 28.5 Å². The van der Waals surface area contributed by atoms with Crippen LogP contribution in [0.3, 0.4) is 0 Å². The molecule has 36 heavy (non-hydrogen) atoms. The lowest BCUT2D eigenvalue weighted by Gasteiger charge is -2.17. The number of Topliss-reactive ketones (excluding diaryl/α,β-unsaturated/α-hetero) is 1. The second kappa shape index (κ2) is 10.5. The predicted octanol–water partition coefficient (Wildman–Crippen LogP) is 3.54. The largest absolute Gasteiger partial charge is 0.383 e. The Labute approximate surface area is 205 Å². The van der Waals surface area contributed by atoms with Gasteiger partial charge in [-0.05, 0) is 53.3 Å². The number of nitrogens with two attached hydrogens (primary N) is 1. The SMILES string of the molecule is Cn1cc(C(=O)C[C@@H](Cc2ccc(F)c(F)c2)C(=O)NCc2ccc3c(N)nccc3c2)ccc1=O. The van der Waals surface area contributed by atoms with Crippen LogP contribution in [0.25, 0.3) is 10.8 Å². The van der Waals surface area contributed by atoms with Crippen molar-refractivity contribution in [3.63, 3.8) is 0 Å². The van der Waals surface area contributed by atoms with Gasteiger partial charge >= 0.3 is 0 Å². The Morgan fingerprint density at radius 2 is 1.81 bits per heavy atom. The van der Waals surface area contributed by atoms with Gasteiger partial charge in [-0.2, -0.15) is 0 Å². The van der Waals surface area contributed by atoms with Crippen LogP contribution in [0.1, 0.15) is 27.9 Å². The number of anilines is 1. The van der Waals surface area contributed by atoms with Crippen LogP contribution in [0.5, 0.6) is 0 Å². The molecule has 0 saturated carbocycles. The number of hydrogen-bond donors (Lipinski definition) is 2. The second-order valence-electron chi connectivity index (χ2n) is 8.61. The van der Waals surface area contributed by atoms with E-state index in [0.29, 0.717) is 11.4 Å². The maximum absolute atomic E-state index is 13.8. The van der Waals surface area contributed by atoms with E-state index in [4.69, 9.17) is 5.73 Å². The van der Waals surface area contributed by atoms with Crippen molar-refractivity contribution in [3.05, 3.63) is 106 Å². The van der Waals surface area contributed by atoms with Gasteiger partial charge in [-0.25, -0.2) is 13.8 Å². The number of ketones is 1.